The normalized spacial score (nSPS) is 15.4. The zero-order valence-electron chi connectivity index (χ0n) is 16.9. The number of para-hydroxylation sites is 1. The van der Waals surface area contributed by atoms with Crippen LogP contribution in [0.3, 0.4) is 0 Å². The Kier molecular flexibility index (Phi) is 8.13. The molecule has 0 aromatic heterocycles. The summed E-state index contributed by atoms with van der Waals surface area (Å²) in [4.78, 5) is 35.4. The van der Waals surface area contributed by atoms with Crippen LogP contribution in [-0.4, -0.2) is 49.8 Å². The van der Waals surface area contributed by atoms with Gasteiger partial charge in [0, 0.05) is 18.8 Å². The topological polar surface area (TPSA) is 118 Å². The number of carbonyl (C=O) groups is 3. The molecule has 31 heavy (non-hydrogen) atoms. The van der Waals surface area contributed by atoms with Crippen LogP contribution < -0.4 is 20.8 Å². The molecule has 1 heterocycles. The van der Waals surface area contributed by atoms with Crippen molar-refractivity contribution >= 4 is 29.6 Å². The van der Waals surface area contributed by atoms with Crippen molar-refractivity contribution in [2.75, 3.05) is 25.1 Å². The predicted octanol–water partition coefficient (Wildman–Crippen LogP) is 1.45. The van der Waals surface area contributed by atoms with Crippen LogP contribution in [0.1, 0.15) is 18.4 Å². The van der Waals surface area contributed by atoms with Crippen molar-refractivity contribution in [3.63, 3.8) is 0 Å². The second-order valence-corrected chi connectivity index (χ2v) is 6.82. The molecule has 0 radical (unpaired) electrons. The molecule has 3 amide bonds. The Hall–Kier alpha value is -3.72. The van der Waals surface area contributed by atoms with E-state index in [0.717, 1.165) is 19.4 Å². The molecule has 1 saturated heterocycles. The van der Waals surface area contributed by atoms with Crippen LogP contribution in [0.2, 0.25) is 0 Å². The second-order valence-electron chi connectivity index (χ2n) is 6.82. The van der Waals surface area contributed by atoms with Gasteiger partial charge in [-0.05, 0) is 54.8 Å². The number of anilines is 1. The number of rotatable bonds is 8. The van der Waals surface area contributed by atoms with E-state index in [1.807, 2.05) is 0 Å². The zero-order chi connectivity index (χ0) is 21.9. The highest BCUT2D eigenvalue weighted by molar-refractivity contribution is 6.39. The van der Waals surface area contributed by atoms with Gasteiger partial charge < -0.3 is 20.1 Å². The van der Waals surface area contributed by atoms with E-state index in [0.29, 0.717) is 23.5 Å². The number of nitrogens with zero attached hydrogens (tertiary/aromatic N) is 1. The van der Waals surface area contributed by atoms with Crippen molar-refractivity contribution in [3.8, 4) is 5.75 Å². The van der Waals surface area contributed by atoms with Crippen molar-refractivity contribution in [3.05, 3.63) is 60.2 Å². The van der Waals surface area contributed by atoms with Crippen molar-refractivity contribution in [2.45, 2.75) is 18.9 Å². The SMILES string of the molecule is O=C(COc1ccc(/C=N\NC(=O)C(=O)Nc2ccccc2)cc1)NC[C@@H]1CCCO1. The number of hydrazone groups is 1. The highest BCUT2D eigenvalue weighted by Gasteiger charge is 2.16. The van der Waals surface area contributed by atoms with Gasteiger partial charge in [0.25, 0.3) is 5.91 Å². The summed E-state index contributed by atoms with van der Waals surface area (Å²) in [5.74, 6) is -1.38. The van der Waals surface area contributed by atoms with E-state index < -0.39 is 11.8 Å². The van der Waals surface area contributed by atoms with E-state index in [4.69, 9.17) is 9.47 Å². The molecule has 2 aromatic carbocycles. The van der Waals surface area contributed by atoms with Gasteiger partial charge >= 0.3 is 11.8 Å². The third-order valence-corrected chi connectivity index (χ3v) is 4.42. The number of benzene rings is 2. The Balaban J connectivity index is 1.37. The Labute approximate surface area is 179 Å². The maximum Gasteiger partial charge on any atom is 0.329 e. The summed E-state index contributed by atoms with van der Waals surface area (Å²) in [6, 6.07) is 15.4. The molecule has 1 aliphatic rings. The number of amides is 3. The minimum absolute atomic E-state index is 0.0902. The van der Waals surface area contributed by atoms with Crippen LogP contribution in [-0.2, 0) is 19.1 Å². The van der Waals surface area contributed by atoms with Crippen LogP contribution in [0.25, 0.3) is 0 Å². The maximum atomic E-state index is 11.8. The van der Waals surface area contributed by atoms with Crippen LogP contribution in [0.4, 0.5) is 5.69 Å². The predicted molar refractivity (Wildman–Crippen MR) is 115 cm³/mol. The third-order valence-electron chi connectivity index (χ3n) is 4.42. The second kappa shape index (κ2) is 11.5. The van der Waals surface area contributed by atoms with E-state index in [-0.39, 0.29) is 18.6 Å². The molecule has 0 unspecified atom stereocenters. The molecule has 0 aliphatic carbocycles. The fraction of sp³-hybridized carbons (Fsp3) is 0.273. The van der Waals surface area contributed by atoms with Gasteiger partial charge in [0.15, 0.2) is 6.61 Å². The van der Waals surface area contributed by atoms with Gasteiger partial charge in [-0.25, -0.2) is 5.43 Å². The highest BCUT2D eigenvalue weighted by atomic mass is 16.5. The molecular weight excluding hydrogens is 400 g/mol. The minimum Gasteiger partial charge on any atom is -0.484 e. The Morgan fingerprint density at radius 1 is 1.06 bits per heavy atom. The molecule has 0 spiro atoms. The van der Waals surface area contributed by atoms with Gasteiger partial charge in [0.1, 0.15) is 5.75 Å². The van der Waals surface area contributed by atoms with E-state index in [1.54, 1.807) is 54.6 Å². The molecule has 2 aromatic rings. The summed E-state index contributed by atoms with van der Waals surface area (Å²) in [7, 11) is 0. The first-order valence-electron chi connectivity index (χ1n) is 9.91. The van der Waals surface area contributed by atoms with Gasteiger partial charge in [0.2, 0.25) is 0 Å². The van der Waals surface area contributed by atoms with Crippen molar-refractivity contribution in [1.29, 1.82) is 0 Å². The Morgan fingerprint density at radius 3 is 2.55 bits per heavy atom. The summed E-state index contributed by atoms with van der Waals surface area (Å²) < 4.78 is 10.9. The van der Waals surface area contributed by atoms with Crippen LogP contribution in [0, 0.1) is 0 Å². The number of carbonyl (C=O) groups excluding carboxylic acids is 3. The Bertz CT molecular complexity index is 909. The zero-order valence-corrected chi connectivity index (χ0v) is 16.9. The first-order chi connectivity index (χ1) is 15.1. The quantitative estimate of drug-likeness (QED) is 0.337. The molecule has 1 fully saturated rings. The van der Waals surface area contributed by atoms with Crippen LogP contribution in [0.15, 0.2) is 59.7 Å². The van der Waals surface area contributed by atoms with Gasteiger partial charge in [-0.15, -0.1) is 0 Å². The summed E-state index contributed by atoms with van der Waals surface area (Å²) in [5, 5.41) is 9.02. The lowest BCUT2D eigenvalue weighted by Crippen LogP contribution is -2.35. The molecule has 9 nitrogen and oxygen atoms in total. The molecule has 1 aliphatic heterocycles. The van der Waals surface area contributed by atoms with E-state index in [1.165, 1.54) is 6.21 Å². The molecule has 0 bridgehead atoms. The average molecular weight is 424 g/mol. The third kappa shape index (κ3) is 7.56. The lowest BCUT2D eigenvalue weighted by molar-refractivity contribution is -0.136. The molecule has 9 heteroatoms. The molecule has 3 N–H and O–H groups in total. The molecule has 1 atom stereocenters. The summed E-state index contributed by atoms with van der Waals surface area (Å²) >= 11 is 0. The number of hydrogen-bond acceptors (Lipinski definition) is 6. The van der Waals surface area contributed by atoms with Crippen molar-refractivity contribution < 1.29 is 23.9 Å². The smallest absolute Gasteiger partial charge is 0.329 e. The first kappa shape index (κ1) is 22.0. The summed E-state index contributed by atoms with van der Waals surface area (Å²) in [5.41, 5.74) is 3.36. The molecule has 162 valence electrons. The van der Waals surface area contributed by atoms with Gasteiger partial charge in [-0.3, -0.25) is 14.4 Å². The van der Waals surface area contributed by atoms with Gasteiger partial charge in [-0.2, -0.15) is 5.10 Å². The summed E-state index contributed by atoms with van der Waals surface area (Å²) in [6.07, 6.45) is 3.47. The fourth-order valence-corrected chi connectivity index (χ4v) is 2.81. The maximum absolute atomic E-state index is 11.8. The lowest BCUT2D eigenvalue weighted by Gasteiger charge is -2.11. The average Bonchev–Trinajstić information content (AvgIpc) is 3.31. The van der Waals surface area contributed by atoms with E-state index in [9.17, 15) is 14.4 Å². The Morgan fingerprint density at radius 2 is 1.84 bits per heavy atom. The van der Waals surface area contributed by atoms with Crippen molar-refractivity contribution in [1.82, 2.24) is 10.7 Å². The first-order valence-corrected chi connectivity index (χ1v) is 9.91. The minimum atomic E-state index is -0.880. The van der Waals surface area contributed by atoms with Crippen LogP contribution >= 0.6 is 0 Å². The van der Waals surface area contributed by atoms with Crippen molar-refractivity contribution in [2.24, 2.45) is 5.10 Å². The lowest BCUT2D eigenvalue weighted by atomic mass is 10.2. The van der Waals surface area contributed by atoms with Gasteiger partial charge in [-0.1, -0.05) is 18.2 Å². The van der Waals surface area contributed by atoms with Gasteiger partial charge in [0.05, 0.1) is 12.3 Å². The number of nitrogens with one attached hydrogen (secondary N) is 3. The number of ether oxygens (including phenoxy) is 2. The summed E-state index contributed by atoms with van der Waals surface area (Å²) in [6.45, 7) is 1.15. The monoisotopic (exact) mass is 424 g/mol. The molecular formula is C22H24N4O5. The molecule has 3 rings (SSSR count). The van der Waals surface area contributed by atoms with E-state index >= 15 is 0 Å². The largest absolute Gasteiger partial charge is 0.484 e. The standard InChI is InChI=1S/C22H24N4O5/c27-20(23-14-19-7-4-12-30-19)15-31-18-10-8-16(9-11-18)13-24-26-22(29)21(28)25-17-5-2-1-3-6-17/h1-3,5-6,8-11,13,19H,4,7,12,14-15H2,(H,23,27)(H,25,28)(H,26,29)/b24-13-/t19-/m0/s1. The van der Waals surface area contributed by atoms with Crippen LogP contribution in [0.5, 0.6) is 5.75 Å². The molecule has 0 saturated carbocycles. The number of hydrogen-bond donors (Lipinski definition) is 3. The van der Waals surface area contributed by atoms with E-state index in [2.05, 4.69) is 21.2 Å². The highest BCUT2D eigenvalue weighted by Crippen LogP contribution is 2.12. The fourth-order valence-electron chi connectivity index (χ4n) is 2.81.